The van der Waals surface area contributed by atoms with Gasteiger partial charge in [0.05, 0.1) is 0 Å². The van der Waals surface area contributed by atoms with Gasteiger partial charge in [0.15, 0.2) is 0 Å². The average Bonchev–Trinajstić information content (AvgIpc) is 2.63. The molecule has 2 aliphatic heterocycles. The maximum Gasteiger partial charge on any atom is 0.253 e. The molecule has 2 heterocycles. The molecule has 0 radical (unpaired) electrons. The molecule has 0 atom stereocenters. The third kappa shape index (κ3) is 4.71. The molecule has 2 N–H and O–H groups in total. The Balaban J connectivity index is 0.00000208. The molecule has 5 nitrogen and oxygen atoms in total. The van der Waals surface area contributed by atoms with E-state index in [0.717, 1.165) is 57.5 Å². The molecule has 3 rings (SSSR count). The van der Waals surface area contributed by atoms with Gasteiger partial charge >= 0.3 is 0 Å². The maximum atomic E-state index is 12.5. The van der Waals surface area contributed by atoms with Crippen LogP contribution in [0.2, 0.25) is 0 Å². The van der Waals surface area contributed by atoms with Gasteiger partial charge in [-0.1, -0.05) is 6.07 Å². The number of carbonyl (C=O) groups is 2. The molecule has 2 aliphatic rings. The summed E-state index contributed by atoms with van der Waals surface area (Å²) in [5.41, 5.74) is 1.38. The van der Waals surface area contributed by atoms with Crippen molar-refractivity contribution in [2.24, 2.45) is 5.92 Å². The fourth-order valence-electron chi connectivity index (χ4n) is 3.34. The van der Waals surface area contributed by atoms with Crippen molar-refractivity contribution in [2.45, 2.75) is 32.1 Å². The van der Waals surface area contributed by atoms with Crippen molar-refractivity contribution < 1.29 is 9.59 Å². The molecule has 2 fully saturated rings. The normalized spacial score (nSPS) is 18.6. The molecule has 1 aromatic rings. The van der Waals surface area contributed by atoms with E-state index >= 15 is 0 Å². The second-order valence-electron chi connectivity index (χ2n) is 6.45. The van der Waals surface area contributed by atoms with Gasteiger partial charge in [0.2, 0.25) is 5.91 Å². The summed E-state index contributed by atoms with van der Waals surface area (Å²) in [5.74, 6) is 0.203. The van der Waals surface area contributed by atoms with E-state index in [-0.39, 0.29) is 30.1 Å². The SMILES string of the molecule is Cl.O=C(Nc1cccc(C(=O)N2CCCCC2)c1)C1CCNCC1. The predicted molar refractivity (Wildman–Crippen MR) is 97.7 cm³/mol. The van der Waals surface area contributed by atoms with Gasteiger partial charge < -0.3 is 15.5 Å². The van der Waals surface area contributed by atoms with Gasteiger partial charge in [0, 0.05) is 30.3 Å². The first-order chi connectivity index (χ1) is 11.2. The van der Waals surface area contributed by atoms with Crippen LogP contribution in [0, 0.1) is 5.92 Å². The standard InChI is InChI=1S/C18H25N3O2.ClH/c22-17(14-7-9-19-10-8-14)20-16-6-4-5-15(13-16)18(23)21-11-2-1-3-12-21;/h4-6,13-14,19H,1-3,7-12H2,(H,20,22);1H. The van der Waals surface area contributed by atoms with E-state index in [1.165, 1.54) is 6.42 Å². The Bertz CT molecular complexity index is 567. The fourth-order valence-corrected chi connectivity index (χ4v) is 3.34. The predicted octanol–water partition coefficient (Wildman–Crippen LogP) is 2.67. The van der Waals surface area contributed by atoms with Crippen molar-refractivity contribution >= 4 is 29.9 Å². The second kappa shape index (κ2) is 9.04. The largest absolute Gasteiger partial charge is 0.339 e. The van der Waals surface area contributed by atoms with Gasteiger partial charge in [-0.15, -0.1) is 12.4 Å². The summed E-state index contributed by atoms with van der Waals surface area (Å²) in [7, 11) is 0. The minimum atomic E-state index is 0. The van der Waals surface area contributed by atoms with E-state index in [1.807, 2.05) is 23.1 Å². The lowest BCUT2D eigenvalue weighted by atomic mass is 9.97. The Morgan fingerprint density at radius 1 is 1.08 bits per heavy atom. The Kier molecular flexibility index (Phi) is 7.06. The van der Waals surface area contributed by atoms with Crippen molar-refractivity contribution in [1.29, 1.82) is 0 Å². The van der Waals surface area contributed by atoms with Crippen LogP contribution >= 0.6 is 12.4 Å². The number of piperidine rings is 2. The molecule has 24 heavy (non-hydrogen) atoms. The summed E-state index contributed by atoms with van der Waals surface area (Å²) in [4.78, 5) is 26.8. The molecule has 132 valence electrons. The van der Waals surface area contributed by atoms with Crippen LogP contribution in [-0.4, -0.2) is 42.9 Å². The van der Waals surface area contributed by atoms with Crippen molar-refractivity contribution in [3.05, 3.63) is 29.8 Å². The van der Waals surface area contributed by atoms with Gasteiger partial charge in [0.25, 0.3) is 5.91 Å². The smallest absolute Gasteiger partial charge is 0.253 e. The molecule has 0 aromatic heterocycles. The van der Waals surface area contributed by atoms with E-state index in [1.54, 1.807) is 6.07 Å². The lowest BCUT2D eigenvalue weighted by Crippen LogP contribution is -2.36. The first kappa shape index (κ1) is 18.7. The third-order valence-corrected chi connectivity index (χ3v) is 4.73. The van der Waals surface area contributed by atoms with Gasteiger partial charge in [0.1, 0.15) is 0 Å². The maximum absolute atomic E-state index is 12.5. The van der Waals surface area contributed by atoms with Crippen LogP contribution in [-0.2, 0) is 4.79 Å². The number of nitrogens with zero attached hydrogens (tertiary/aromatic N) is 1. The van der Waals surface area contributed by atoms with Gasteiger partial charge in [-0.3, -0.25) is 9.59 Å². The number of hydrogen-bond donors (Lipinski definition) is 2. The molecular weight excluding hydrogens is 326 g/mol. The van der Waals surface area contributed by atoms with E-state index in [4.69, 9.17) is 0 Å². The monoisotopic (exact) mass is 351 g/mol. The Morgan fingerprint density at radius 3 is 2.50 bits per heavy atom. The summed E-state index contributed by atoms with van der Waals surface area (Å²) >= 11 is 0. The molecule has 0 bridgehead atoms. The van der Waals surface area contributed by atoms with Crippen LogP contribution in [0.1, 0.15) is 42.5 Å². The molecule has 6 heteroatoms. The topological polar surface area (TPSA) is 61.4 Å². The summed E-state index contributed by atoms with van der Waals surface area (Å²) in [6, 6.07) is 7.33. The Labute approximate surface area is 149 Å². The summed E-state index contributed by atoms with van der Waals surface area (Å²) in [6.45, 7) is 3.46. The minimum Gasteiger partial charge on any atom is -0.339 e. The highest BCUT2D eigenvalue weighted by atomic mass is 35.5. The van der Waals surface area contributed by atoms with Gasteiger partial charge in [-0.2, -0.15) is 0 Å². The zero-order valence-corrected chi connectivity index (χ0v) is 14.7. The summed E-state index contributed by atoms with van der Waals surface area (Å²) in [5, 5.41) is 6.24. The quantitative estimate of drug-likeness (QED) is 0.880. The van der Waals surface area contributed by atoms with Crippen molar-refractivity contribution in [3.63, 3.8) is 0 Å². The Hall–Kier alpha value is -1.59. The van der Waals surface area contributed by atoms with Crippen LogP contribution in [0.15, 0.2) is 24.3 Å². The molecule has 0 spiro atoms. The van der Waals surface area contributed by atoms with Crippen molar-refractivity contribution in [2.75, 3.05) is 31.5 Å². The average molecular weight is 352 g/mol. The molecule has 0 aliphatic carbocycles. The highest BCUT2D eigenvalue weighted by molar-refractivity contribution is 5.97. The van der Waals surface area contributed by atoms with Gasteiger partial charge in [-0.05, 0) is 63.4 Å². The van der Waals surface area contributed by atoms with E-state index < -0.39 is 0 Å². The zero-order chi connectivity index (χ0) is 16.1. The number of anilines is 1. The van der Waals surface area contributed by atoms with E-state index in [9.17, 15) is 9.59 Å². The number of halogens is 1. The number of benzene rings is 1. The lowest BCUT2D eigenvalue weighted by molar-refractivity contribution is -0.120. The number of amides is 2. The fraction of sp³-hybridized carbons (Fsp3) is 0.556. The van der Waals surface area contributed by atoms with Crippen molar-refractivity contribution in [1.82, 2.24) is 10.2 Å². The van der Waals surface area contributed by atoms with Crippen molar-refractivity contribution in [3.8, 4) is 0 Å². The van der Waals surface area contributed by atoms with Crippen LogP contribution in [0.5, 0.6) is 0 Å². The summed E-state index contributed by atoms with van der Waals surface area (Å²) in [6.07, 6.45) is 5.11. The van der Waals surface area contributed by atoms with Crippen LogP contribution in [0.4, 0.5) is 5.69 Å². The minimum absolute atomic E-state index is 0. The van der Waals surface area contributed by atoms with Crippen LogP contribution in [0.3, 0.4) is 0 Å². The van der Waals surface area contributed by atoms with E-state index in [0.29, 0.717) is 5.56 Å². The van der Waals surface area contributed by atoms with E-state index in [2.05, 4.69) is 10.6 Å². The number of rotatable bonds is 3. The number of nitrogens with one attached hydrogen (secondary N) is 2. The summed E-state index contributed by atoms with van der Waals surface area (Å²) < 4.78 is 0. The third-order valence-electron chi connectivity index (χ3n) is 4.73. The van der Waals surface area contributed by atoms with Gasteiger partial charge in [-0.25, -0.2) is 0 Å². The molecule has 0 unspecified atom stereocenters. The first-order valence-electron chi connectivity index (χ1n) is 8.65. The molecule has 0 saturated carbocycles. The lowest BCUT2D eigenvalue weighted by Gasteiger charge is -2.27. The molecule has 1 aromatic carbocycles. The zero-order valence-electron chi connectivity index (χ0n) is 13.9. The number of carbonyl (C=O) groups excluding carboxylic acids is 2. The number of hydrogen-bond acceptors (Lipinski definition) is 3. The number of likely N-dealkylation sites (tertiary alicyclic amines) is 1. The molecule has 2 amide bonds. The van der Waals surface area contributed by atoms with Crippen LogP contribution < -0.4 is 10.6 Å². The molecular formula is C18H26ClN3O2. The van der Waals surface area contributed by atoms with Crippen LogP contribution in [0.25, 0.3) is 0 Å². The highest BCUT2D eigenvalue weighted by Crippen LogP contribution is 2.19. The highest BCUT2D eigenvalue weighted by Gasteiger charge is 2.22. The Morgan fingerprint density at radius 2 is 1.79 bits per heavy atom. The molecule has 2 saturated heterocycles. The first-order valence-corrected chi connectivity index (χ1v) is 8.65. The second-order valence-corrected chi connectivity index (χ2v) is 6.45.